The van der Waals surface area contributed by atoms with Crippen molar-refractivity contribution in [2.24, 2.45) is 0 Å². The first-order valence-electron chi connectivity index (χ1n) is 8.26. The number of nitrogens with one attached hydrogen (secondary N) is 2. The minimum absolute atomic E-state index is 0.0887. The molecule has 2 aromatic rings. The molecular weight excluding hydrogens is 356 g/mol. The molecule has 3 amide bonds. The molecule has 140 valence electrons. The second-order valence-electron chi connectivity index (χ2n) is 6.24. The van der Waals surface area contributed by atoms with Crippen LogP contribution in [-0.4, -0.2) is 66.4 Å². The molecule has 1 fully saturated rings. The predicted molar refractivity (Wildman–Crippen MR) is 99.4 cm³/mol. The van der Waals surface area contributed by atoms with Crippen molar-refractivity contribution in [2.75, 3.05) is 39.1 Å². The number of amides is 3. The van der Waals surface area contributed by atoms with E-state index in [1.54, 1.807) is 12.0 Å². The fourth-order valence-corrected chi connectivity index (χ4v) is 3.77. The molecule has 4 N–H and O–H groups in total. The van der Waals surface area contributed by atoms with Gasteiger partial charge in [0.15, 0.2) is 0 Å². The molecule has 0 bridgehead atoms. The molecule has 10 heteroatoms. The van der Waals surface area contributed by atoms with Gasteiger partial charge < -0.3 is 26.0 Å². The summed E-state index contributed by atoms with van der Waals surface area (Å²) in [5.74, 6) is -0.244. The van der Waals surface area contributed by atoms with E-state index >= 15 is 0 Å². The van der Waals surface area contributed by atoms with E-state index in [2.05, 4.69) is 20.8 Å². The smallest absolute Gasteiger partial charge is 0.317 e. The summed E-state index contributed by atoms with van der Waals surface area (Å²) in [4.78, 5) is 27.1. The monoisotopic (exact) mass is 378 g/mol. The van der Waals surface area contributed by atoms with E-state index in [4.69, 9.17) is 10.5 Å². The number of aryl methyl sites for hydroxylation is 2. The van der Waals surface area contributed by atoms with E-state index in [1.807, 2.05) is 13.8 Å². The molecule has 26 heavy (non-hydrogen) atoms. The Hall–Kier alpha value is -2.46. The Morgan fingerprint density at radius 2 is 2.08 bits per heavy atom. The van der Waals surface area contributed by atoms with Gasteiger partial charge in [-0.2, -0.15) is 5.10 Å². The zero-order chi connectivity index (χ0) is 18.8. The second-order valence-corrected chi connectivity index (χ2v) is 7.23. The number of nitrogen functional groups attached to an aromatic ring is 1. The average molecular weight is 378 g/mol. The van der Waals surface area contributed by atoms with E-state index in [-0.39, 0.29) is 18.0 Å². The molecule has 3 rings (SSSR count). The van der Waals surface area contributed by atoms with Gasteiger partial charge >= 0.3 is 6.03 Å². The number of fused-ring (bicyclic) bond motifs is 1. The lowest BCUT2D eigenvalue weighted by Gasteiger charge is -2.39. The van der Waals surface area contributed by atoms with Crippen LogP contribution in [0.15, 0.2) is 0 Å². The molecule has 0 atom stereocenters. The summed E-state index contributed by atoms with van der Waals surface area (Å²) in [6.45, 7) is 5.64. The van der Waals surface area contributed by atoms with Crippen LogP contribution in [0.3, 0.4) is 0 Å². The zero-order valence-corrected chi connectivity index (χ0v) is 15.8. The summed E-state index contributed by atoms with van der Waals surface area (Å²) >= 11 is 1.23. The number of anilines is 1. The first-order valence-corrected chi connectivity index (χ1v) is 9.08. The van der Waals surface area contributed by atoms with Crippen LogP contribution >= 0.6 is 11.3 Å². The summed E-state index contributed by atoms with van der Waals surface area (Å²) in [6.07, 6.45) is 0. The fraction of sp³-hybridized carbons (Fsp3) is 0.500. The molecule has 0 unspecified atom stereocenters. The summed E-state index contributed by atoms with van der Waals surface area (Å²) in [5.41, 5.74) is 8.35. The Morgan fingerprint density at radius 1 is 1.35 bits per heavy atom. The van der Waals surface area contributed by atoms with Crippen molar-refractivity contribution in [3.05, 3.63) is 16.1 Å². The van der Waals surface area contributed by atoms with Gasteiger partial charge in [0.25, 0.3) is 5.91 Å². The Balaban J connectivity index is 1.60. The summed E-state index contributed by atoms with van der Waals surface area (Å²) < 4.78 is 4.89. The molecule has 0 saturated carbocycles. The number of ether oxygens (including phenoxy) is 1. The lowest BCUT2D eigenvalue weighted by molar-refractivity contribution is 0.0856. The number of rotatable bonds is 5. The highest BCUT2D eigenvalue weighted by Crippen LogP contribution is 2.34. The molecule has 0 radical (unpaired) electrons. The van der Waals surface area contributed by atoms with E-state index < -0.39 is 0 Å². The first kappa shape index (κ1) is 18.3. The Bertz CT molecular complexity index is 846. The number of nitrogens with two attached hydrogens (primary N) is 1. The minimum Gasteiger partial charge on any atom is -0.397 e. The number of hydrogen-bond donors (Lipinski definition) is 3. The number of likely N-dealkylation sites (tertiary alicyclic amines) is 1. The molecule has 1 aliphatic heterocycles. The van der Waals surface area contributed by atoms with Crippen molar-refractivity contribution in [1.29, 1.82) is 0 Å². The van der Waals surface area contributed by atoms with Crippen LogP contribution in [0.1, 0.15) is 20.9 Å². The molecular formula is C16H22N6O3S. The second kappa shape index (κ2) is 7.42. The lowest BCUT2D eigenvalue weighted by atomic mass is 10.1. The summed E-state index contributed by atoms with van der Waals surface area (Å²) in [6, 6.07) is -0.246. The van der Waals surface area contributed by atoms with Gasteiger partial charge in [0.05, 0.1) is 24.0 Å². The number of aromatic nitrogens is 2. The van der Waals surface area contributed by atoms with Crippen LogP contribution in [0.4, 0.5) is 10.5 Å². The van der Waals surface area contributed by atoms with Crippen molar-refractivity contribution < 1.29 is 14.3 Å². The summed E-state index contributed by atoms with van der Waals surface area (Å²) in [5, 5.41) is 14.7. The van der Waals surface area contributed by atoms with Crippen LogP contribution in [0.2, 0.25) is 0 Å². The lowest BCUT2D eigenvalue weighted by Crippen LogP contribution is -2.63. The summed E-state index contributed by atoms with van der Waals surface area (Å²) in [7, 11) is 1.58. The van der Waals surface area contributed by atoms with Gasteiger partial charge in [-0.15, -0.1) is 16.4 Å². The molecule has 2 aromatic heterocycles. The maximum atomic E-state index is 12.6. The molecule has 0 aliphatic carbocycles. The molecule has 0 aromatic carbocycles. The number of urea groups is 1. The van der Waals surface area contributed by atoms with Crippen LogP contribution < -0.4 is 16.4 Å². The van der Waals surface area contributed by atoms with Gasteiger partial charge in [0, 0.05) is 32.1 Å². The van der Waals surface area contributed by atoms with Crippen molar-refractivity contribution in [2.45, 2.75) is 19.9 Å². The topological polar surface area (TPSA) is 122 Å². The normalized spacial score (nSPS) is 14.3. The van der Waals surface area contributed by atoms with Gasteiger partial charge in [-0.1, -0.05) is 0 Å². The van der Waals surface area contributed by atoms with Gasteiger partial charge in [0.1, 0.15) is 9.71 Å². The zero-order valence-electron chi connectivity index (χ0n) is 15.0. The van der Waals surface area contributed by atoms with Crippen molar-refractivity contribution in [1.82, 2.24) is 25.7 Å². The van der Waals surface area contributed by atoms with Gasteiger partial charge in [-0.25, -0.2) is 4.79 Å². The number of methoxy groups -OCH3 is 1. The maximum absolute atomic E-state index is 12.6. The quantitative estimate of drug-likeness (QED) is 0.657. The maximum Gasteiger partial charge on any atom is 0.317 e. The third-order valence-corrected chi connectivity index (χ3v) is 5.52. The average Bonchev–Trinajstić information content (AvgIpc) is 2.91. The van der Waals surface area contributed by atoms with Gasteiger partial charge in [0.2, 0.25) is 0 Å². The van der Waals surface area contributed by atoms with E-state index in [1.165, 1.54) is 11.3 Å². The minimum atomic E-state index is -0.244. The first-order chi connectivity index (χ1) is 12.4. The Labute approximate surface area is 154 Å². The predicted octanol–water partition coefficient (Wildman–Crippen LogP) is 0.660. The van der Waals surface area contributed by atoms with E-state index in [9.17, 15) is 9.59 Å². The van der Waals surface area contributed by atoms with E-state index in [0.29, 0.717) is 41.6 Å². The Kier molecular flexibility index (Phi) is 5.23. The Morgan fingerprint density at radius 3 is 2.77 bits per heavy atom. The van der Waals surface area contributed by atoms with Gasteiger partial charge in [-0.05, 0) is 19.4 Å². The molecule has 1 saturated heterocycles. The number of nitrogens with zero attached hydrogens (tertiary/aromatic N) is 3. The van der Waals surface area contributed by atoms with E-state index in [0.717, 1.165) is 16.6 Å². The van der Waals surface area contributed by atoms with Crippen molar-refractivity contribution in [3.63, 3.8) is 0 Å². The largest absolute Gasteiger partial charge is 0.397 e. The SMILES string of the molecule is COCCNC(=O)N1CC(NC(=O)c2sc3nnc(C)c(C)c3c2N)C1. The van der Waals surface area contributed by atoms with Crippen LogP contribution in [0.5, 0.6) is 0 Å². The number of carbonyl (C=O) groups excluding carboxylic acids is 2. The van der Waals surface area contributed by atoms with Crippen molar-refractivity contribution in [3.8, 4) is 0 Å². The van der Waals surface area contributed by atoms with Crippen LogP contribution in [-0.2, 0) is 4.74 Å². The standard InChI is InChI=1S/C16H22N6O3S/c1-8-9(2)20-21-15-11(8)12(17)13(26-15)14(23)19-10-6-22(7-10)16(24)18-4-5-25-3/h10H,4-7,17H2,1-3H3,(H,18,24)(H,19,23). The van der Waals surface area contributed by atoms with Crippen LogP contribution in [0, 0.1) is 13.8 Å². The highest BCUT2D eigenvalue weighted by molar-refractivity contribution is 7.21. The molecule has 9 nitrogen and oxygen atoms in total. The van der Waals surface area contributed by atoms with Crippen molar-refractivity contribution >= 4 is 39.2 Å². The third-order valence-electron chi connectivity index (χ3n) is 4.43. The third kappa shape index (κ3) is 3.42. The molecule has 1 aliphatic rings. The highest BCUT2D eigenvalue weighted by Gasteiger charge is 2.32. The number of hydrogen-bond acceptors (Lipinski definition) is 7. The fourth-order valence-electron chi connectivity index (χ4n) is 2.77. The molecule has 3 heterocycles. The highest BCUT2D eigenvalue weighted by atomic mass is 32.1. The van der Waals surface area contributed by atoms with Gasteiger partial charge in [-0.3, -0.25) is 4.79 Å². The number of thiophene rings is 1. The number of carbonyl (C=O) groups is 2. The molecule has 0 spiro atoms. The van der Waals surface area contributed by atoms with Crippen LogP contribution in [0.25, 0.3) is 10.2 Å².